The fraction of sp³-hybridized carbons (Fsp3) is 0.263. The Labute approximate surface area is 170 Å². The van der Waals surface area contributed by atoms with Gasteiger partial charge in [-0.15, -0.1) is 0 Å². The summed E-state index contributed by atoms with van der Waals surface area (Å²) in [7, 11) is -2.14. The van der Waals surface area contributed by atoms with E-state index in [-0.39, 0.29) is 10.0 Å². The molecule has 3 N–H and O–H groups in total. The molecule has 2 rings (SSSR count). The van der Waals surface area contributed by atoms with Crippen molar-refractivity contribution in [1.82, 2.24) is 10.0 Å². The Morgan fingerprint density at radius 2 is 1.64 bits per heavy atom. The van der Waals surface area contributed by atoms with Gasteiger partial charge in [0.2, 0.25) is 10.0 Å². The summed E-state index contributed by atoms with van der Waals surface area (Å²) in [6.07, 6.45) is 0. The fourth-order valence-corrected chi connectivity index (χ4v) is 3.97. The number of thiocarbonyl (C=S) groups is 1. The van der Waals surface area contributed by atoms with Crippen LogP contribution < -0.4 is 20.1 Å². The van der Waals surface area contributed by atoms with Crippen molar-refractivity contribution in [3.05, 3.63) is 54.1 Å². The van der Waals surface area contributed by atoms with Crippen LogP contribution in [0.5, 0.6) is 5.75 Å². The van der Waals surface area contributed by atoms with Crippen LogP contribution in [0.3, 0.4) is 0 Å². The van der Waals surface area contributed by atoms with E-state index in [0.717, 1.165) is 0 Å². The Morgan fingerprint density at radius 1 is 1.04 bits per heavy atom. The monoisotopic (exact) mass is 421 g/mol. The van der Waals surface area contributed by atoms with Crippen LogP contribution in [0.1, 0.15) is 31.1 Å². The topological polar surface area (TPSA) is 96.5 Å². The standard InChI is InChI=1S/C19H23N3O4S2/c1-19(2,3)22-28(24,25)14-11-9-13(10-12-14)20-18(27)21-17(23)15-7-5-6-8-16(15)26-4/h5-12,22H,1-4H3,(H2,20,21,23,27). The molecule has 0 aromatic heterocycles. The highest BCUT2D eigenvalue weighted by atomic mass is 32.2. The molecule has 0 heterocycles. The van der Waals surface area contributed by atoms with Gasteiger partial charge in [0.25, 0.3) is 5.91 Å². The number of nitrogens with one attached hydrogen (secondary N) is 3. The summed E-state index contributed by atoms with van der Waals surface area (Å²) >= 11 is 5.16. The fourth-order valence-electron chi connectivity index (χ4n) is 2.34. The number of para-hydroxylation sites is 1. The second-order valence-corrected chi connectivity index (χ2v) is 9.08. The largest absolute Gasteiger partial charge is 0.496 e. The number of hydrogen-bond donors (Lipinski definition) is 3. The Balaban J connectivity index is 2.04. The van der Waals surface area contributed by atoms with Gasteiger partial charge >= 0.3 is 0 Å². The lowest BCUT2D eigenvalue weighted by Gasteiger charge is -2.20. The molecule has 0 unspecified atom stereocenters. The van der Waals surface area contributed by atoms with E-state index in [9.17, 15) is 13.2 Å². The summed E-state index contributed by atoms with van der Waals surface area (Å²) in [5.74, 6) is 0.0206. The SMILES string of the molecule is COc1ccccc1C(=O)NC(=S)Nc1ccc(S(=O)(=O)NC(C)(C)C)cc1. The first kappa shape index (κ1) is 21.8. The first-order valence-corrected chi connectivity index (χ1v) is 10.3. The van der Waals surface area contributed by atoms with Gasteiger partial charge in [-0.2, -0.15) is 0 Å². The van der Waals surface area contributed by atoms with Crippen molar-refractivity contribution >= 4 is 38.9 Å². The minimum atomic E-state index is -3.62. The van der Waals surface area contributed by atoms with Crippen LogP contribution in [0.25, 0.3) is 0 Å². The highest BCUT2D eigenvalue weighted by molar-refractivity contribution is 7.89. The third-order valence-electron chi connectivity index (χ3n) is 3.44. The number of carbonyl (C=O) groups excluding carboxylic acids is 1. The molecule has 0 aliphatic carbocycles. The summed E-state index contributed by atoms with van der Waals surface area (Å²) in [5.41, 5.74) is 0.309. The van der Waals surface area contributed by atoms with Crippen molar-refractivity contribution in [3.63, 3.8) is 0 Å². The van der Waals surface area contributed by atoms with Crippen LogP contribution in [0, 0.1) is 0 Å². The molecular formula is C19H23N3O4S2. The highest BCUT2D eigenvalue weighted by Crippen LogP contribution is 2.18. The van der Waals surface area contributed by atoms with E-state index in [1.165, 1.54) is 19.2 Å². The number of anilines is 1. The molecule has 1 amide bonds. The summed E-state index contributed by atoms with van der Waals surface area (Å²) in [4.78, 5) is 12.5. The van der Waals surface area contributed by atoms with Gasteiger partial charge in [-0.1, -0.05) is 12.1 Å². The molecule has 0 saturated heterocycles. The van der Waals surface area contributed by atoms with Crippen molar-refractivity contribution in [2.45, 2.75) is 31.2 Å². The molecule has 28 heavy (non-hydrogen) atoms. The number of carbonyl (C=O) groups is 1. The van der Waals surface area contributed by atoms with E-state index in [4.69, 9.17) is 17.0 Å². The summed E-state index contributed by atoms with van der Waals surface area (Å²) in [6.45, 7) is 5.30. The lowest BCUT2D eigenvalue weighted by atomic mass is 10.1. The van der Waals surface area contributed by atoms with Gasteiger partial charge in [-0.05, 0) is 69.4 Å². The van der Waals surface area contributed by atoms with Gasteiger partial charge in [-0.3, -0.25) is 10.1 Å². The predicted molar refractivity (Wildman–Crippen MR) is 113 cm³/mol. The number of sulfonamides is 1. The normalized spacial score (nSPS) is 11.6. The van der Waals surface area contributed by atoms with Gasteiger partial charge in [0.1, 0.15) is 5.75 Å². The molecule has 7 nitrogen and oxygen atoms in total. The van der Waals surface area contributed by atoms with Crippen LogP contribution in [0.15, 0.2) is 53.4 Å². The average Bonchev–Trinajstić information content (AvgIpc) is 2.60. The molecule has 2 aromatic rings. The molecule has 0 saturated carbocycles. The van der Waals surface area contributed by atoms with Crippen LogP contribution >= 0.6 is 12.2 Å². The Hall–Kier alpha value is -2.49. The summed E-state index contributed by atoms with van der Waals surface area (Å²) in [6, 6.07) is 12.8. The maximum Gasteiger partial charge on any atom is 0.261 e. The minimum Gasteiger partial charge on any atom is -0.496 e. The second-order valence-electron chi connectivity index (χ2n) is 6.99. The van der Waals surface area contributed by atoms with E-state index in [0.29, 0.717) is 17.0 Å². The molecule has 0 atom stereocenters. The molecule has 0 fully saturated rings. The van der Waals surface area contributed by atoms with Crippen molar-refractivity contribution in [3.8, 4) is 5.75 Å². The molecule has 2 aromatic carbocycles. The zero-order chi connectivity index (χ0) is 20.9. The van der Waals surface area contributed by atoms with Crippen LogP contribution in [0.4, 0.5) is 5.69 Å². The smallest absolute Gasteiger partial charge is 0.261 e. The molecule has 0 radical (unpaired) electrons. The number of amides is 1. The Morgan fingerprint density at radius 3 is 2.21 bits per heavy atom. The number of methoxy groups -OCH3 is 1. The summed E-state index contributed by atoms with van der Waals surface area (Å²) in [5, 5.41) is 5.50. The van der Waals surface area contributed by atoms with E-state index < -0.39 is 21.5 Å². The molecule has 0 spiro atoms. The second kappa shape index (κ2) is 8.68. The zero-order valence-electron chi connectivity index (χ0n) is 16.1. The van der Waals surface area contributed by atoms with E-state index >= 15 is 0 Å². The molecule has 0 aliphatic heterocycles. The highest BCUT2D eigenvalue weighted by Gasteiger charge is 2.21. The minimum absolute atomic E-state index is 0.0827. The maximum absolute atomic E-state index is 12.3. The molecule has 0 aliphatic rings. The van der Waals surface area contributed by atoms with Crippen LogP contribution in [-0.2, 0) is 10.0 Å². The van der Waals surface area contributed by atoms with E-state index in [1.807, 2.05) is 0 Å². The van der Waals surface area contributed by atoms with E-state index in [2.05, 4.69) is 15.4 Å². The zero-order valence-corrected chi connectivity index (χ0v) is 17.7. The maximum atomic E-state index is 12.3. The first-order valence-electron chi connectivity index (χ1n) is 8.41. The Kier molecular flexibility index (Phi) is 6.76. The average molecular weight is 422 g/mol. The van der Waals surface area contributed by atoms with Gasteiger partial charge in [-0.25, -0.2) is 13.1 Å². The third kappa shape index (κ3) is 6.01. The van der Waals surface area contributed by atoms with Gasteiger partial charge in [0, 0.05) is 11.2 Å². The lowest BCUT2D eigenvalue weighted by molar-refractivity contribution is 0.0974. The van der Waals surface area contributed by atoms with Crippen molar-refractivity contribution in [1.29, 1.82) is 0 Å². The molecule has 150 valence electrons. The number of benzene rings is 2. The lowest BCUT2D eigenvalue weighted by Crippen LogP contribution is -2.40. The number of rotatable bonds is 5. The van der Waals surface area contributed by atoms with Gasteiger partial charge in [0.15, 0.2) is 5.11 Å². The van der Waals surface area contributed by atoms with Crippen LogP contribution in [-0.4, -0.2) is 32.1 Å². The number of ether oxygens (including phenoxy) is 1. The Bertz CT molecular complexity index is 965. The predicted octanol–water partition coefficient (Wildman–Crippen LogP) is 2.90. The number of hydrogen-bond acceptors (Lipinski definition) is 5. The van der Waals surface area contributed by atoms with Gasteiger partial charge in [0.05, 0.1) is 17.6 Å². The quantitative estimate of drug-likeness (QED) is 0.643. The first-order chi connectivity index (χ1) is 13.0. The molecule has 0 bridgehead atoms. The molecular weight excluding hydrogens is 398 g/mol. The molecule has 9 heteroatoms. The van der Waals surface area contributed by atoms with Crippen LogP contribution in [0.2, 0.25) is 0 Å². The van der Waals surface area contributed by atoms with Crippen molar-refractivity contribution in [2.24, 2.45) is 0 Å². The van der Waals surface area contributed by atoms with Crippen molar-refractivity contribution < 1.29 is 17.9 Å². The van der Waals surface area contributed by atoms with Crippen molar-refractivity contribution in [2.75, 3.05) is 12.4 Å². The third-order valence-corrected chi connectivity index (χ3v) is 5.42. The van der Waals surface area contributed by atoms with E-state index in [1.54, 1.807) is 57.2 Å². The van der Waals surface area contributed by atoms with Gasteiger partial charge < -0.3 is 10.1 Å². The summed E-state index contributed by atoms with van der Waals surface area (Å²) < 4.78 is 32.4.